The predicted molar refractivity (Wildman–Crippen MR) is 168 cm³/mol. The molecule has 0 fully saturated rings. The van der Waals surface area contributed by atoms with E-state index >= 15 is 0 Å². The molecule has 7 rings (SSSR count). The molecule has 9 nitrogen and oxygen atoms in total. The number of benzene rings is 3. The lowest BCUT2D eigenvalue weighted by atomic mass is 9.83. The molecular weight excluding hydrogens is 578 g/mol. The number of rotatable bonds is 6. The summed E-state index contributed by atoms with van der Waals surface area (Å²) in [5.74, 6) is 2.27. The van der Waals surface area contributed by atoms with Crippen LogP contribution in [0.4, 0.5) is 5.69 Å². The molecule has 2 aliphatic rings. The molecule has 5 aromatic rings. The lowest BCUT2D eigenvalue weighted by Crippen LogP contribution is -2.38. The third-order valence-corrected chi connectivity index (χ3v) is 9.17. The van der Waals surface area contributed by atoms with E-state index < -0.39 is 4.92 Å². The van der Waals surface area contributed by atoms with Gasteiger partial charge in [0.2, 0.25) is 0 Å². The average molecular weight is 606 g/mol. The summed E-state index contributed by atoms with van der Waals surface area (Å²) in [7, 11) is 3.20. The lowest BCUT2D eigenvalue weighted by Gasteiger charge is -2.31. The second-order valence-electron chi connectivity index (χ2n) is 10.7. The highest BCUT2D eigenvalue weighted by molar-refractivity contribution is 7.07. The number of methoxy groups -OCH3 is 2. The van der Waals surface area contributed by atoms with Crippen LogP contribution in [0.2, 0.25) is 0 Å². The number of ether oxygens (including phenoxy) is 2. The molecule has 0 bridgehead atoms. The molecule has 0 saturated carbocycles. The van der Waals surface area contributed by atoms with Crippen molar-refractivity contribution in [2.75, 3.05) is 14.2 Å². The molecule has 0 spiro atoms. The fraction of sp³-hybridized carbons (Fsp3) is 0.176. The number of furan rings is 1. The maximum Gasteiger partial charge on any atom is 0.271 e. The van der Waals surface area contributed by atoms with Gasteiger partial charge in [-0.05, 0) is 72.4 Å². The zero-order valence-corrected chi connectivity index (χ0v) is 25.0. The number of nitro groups is 1. The summed E-state index contributed by atoms with van der Waals surface area (Å²) in [5.41, 5.74) is 6.56. The van der Waals surface area contributed by atoms with E-state index in [1.807, 2.05) is 30.3 Å². The van der Waals surface area contributed by atoms with Gasteiger partial charge >= 0.3 is 0 Å². The Morgan fingerprint density at radius 2 is 1.82 bits per heavy atom. The first kappa shape index (κ1) is 27.6. The summed E-state index contributed by atoms with van der Waals surface area (Å²) >= 11 is 1.32. The molecule has 10 heteroatoms. The first-order chi connectivity index (χ1) is 21.4. The number of hydrogen-bond donors (Lipinski definition) is 0. The fourth-order valence-electron chi connectivity index (χ4n) is 6.09. The Hall–Kier alpha value is -5.22. The molecule has 0 N–H and O–H groups in total. The molecule has 3 aromatic carbocycles. The van der Waals surface area contributed by atoms with Crippen LogP contribution in [0.15, 0.2) is 92.6 Å². The van der Waals surface area contributed by atoms with Crippen molar-refractivity contribution in [2.45, 2.75) is 25.8 Å². The van der Waals surface area contributed by atoms with Gasteiger partial charge < -0.3 is 13.9 Å². The third kappa shape index (κ3) is 4.55. The van der Waals surface area contributed by atoms with E-state index in [1.54, 1.807) is 50.0 Å². The van der Waals surface area contributed by atoms with E-state index in [2.05, 4.69) is 12.1 Å². The Morgan fingerprint density at radius 3 is 2.59 bits per heavy atom. The monoisotopic (exact) mass is 605 g/mol. The highest BCUT2D eigenvalue weighted by Gasteiger charge is 2.33. The zero-order valence-electron chi connectivity index (χ0n) is 24.2. The van der Waals surface area contributed by atoms with E-state index in [1.165, 1.54) is 29.0 Å². The van der Waals surface area contributed by atoms with Gasteiger partial charge in [-0.15, -0.1) is 0 Å². The minimum absolute atomic E-state index is 0.0218. The van der Waals surface area contributed by atoms with E-state index in [-0.39, 0.29) is 17.3 Å². The van der Waals surface area contributed by atoms with Gasteiger partial charge in [0.25, 0.3) is 11.2 Å². The van der Waals surface area contributed by atoms with Gasteiger partial charge in [0.1, 0.15) is 11.5 Å². The second-order valence-corrected chi connectivity index (χ2v) is 11.7. The lowest BCUT2D eigenvalue weighted by molar-refractivity contribution is -0.384. The number of thiazole rings is 1. The van der Waals surface area contributed by atoms with Crippen LogP contribution >= 0.6 is 11.3 Å². The van der Waals surface area contributed by atoms with Crippen LogP contribution in [-0.2, 0) is 6.42 Å². The van der Waals surface area contributed by atoms with Crippen LogP contribution in [0.5, 0.6) is 11.5 Å². The van der Waals surface area contributed by atoms with Gasteiger partial charge in [-0.1, -0.05) is 41.7 Å². The van der Waals surface area contributed by atoms with Crippen LogP contribution in [0, 0.1) is 17.0 Å². The summed E-state index contributed by atoms with van der Waals surface area (Å²) in [6, 6.07) is 21.9. The van der Waals surface area contributed by atoms with Crippen LogP contribution in [0.25, 0.3) is 23.1 Å². The Morgan fingerprint density at radius 1 is 1.00 bits per heavy atom. The molecule has 1 aliphatic carbocycles. The maximum atomic E-state index is 14.1. The van der Waals surface area contributed by atoms with Crippen LogP contribution in [0.1, 0.15) is 40.5 Å². The number of aryl methyl sites for hydroxylation is 2. The van der Waals surface area contributed by atoms with Gasteiger partial charge in [0.05, 0.1) is 35.4 Å². The first-order valence-corrected chi connectivity index (χ1v) is 14.9. The van der Waals surface area contributed by atoms with Crippen molar-refractivity contribution in [3.05, 3.63) is 136 Å². The molecule has 1 aliphatic heterocycles. The minimum atomic E-state index is -0.421. The molecule has 0 saturated heterocycles. The van der Waals surface area contributed by atoms with Crippen molar-refractivity contribution >= 4 is 28.8 Å². The molecule has 3 heterocycles. The Kier molecular flexibility index (Phi) is 6.78. The minimum Gasteiger partial charge on any atom is -0.493 e. The Balaban J connectivity index is 1.38. The van der Waals surface area contributed by atoms with Crippen LogP contribution in [0.3, 0.4) is 0 Å². The van der Waals surface area contributed by atoms with Crippen molar-refractivity contribution in [2.24, 2.45) is 4.99 Å². The maximum absolute atomic E-state index is 14.1. The van der Waals surface area contributed by atoms with E-state index in [0.29, 0.717) is 32.4 Å². The van der Waals surface area contributed by atoms with Gasteiger partial charge in [-0.3, -0.25) is 19.5 Å². The normalized spacial score (nSPS) is 15.7. The number of allylic oxidation sites excluding steroid dienone is 1. The summed E-state index contributed by atoms with van der Waals surface area (Å²) in [6.07, 6.45) is 3.36. The van der Waals surface area contributed by atoms with Crippen molar-refractivity contribution in [3.63, 3.8) is 0 Å². The topological polar surface area (TPSA) is 109 Å². The molecule has 0 amide bonds. The molecule has 1 atom stereocenters. The highest BCUT2D eigenvalue weighted by Crippen LogP contribution is 2.42. The van der Waals surface area contributed by atoms with Crippen molar-refractivity contribution in [3.8, 4) is 22.8 Å². The largest absolute Gasteiger partial charge is 0.493 e. The first-order valence-electron chi connectivity index (χ1n) is 14.1. The fourth-order valence-corrected chi connectivity index (χ4v) is 7.07. The number of nitrogens with zero attached hydrogens (tertiary/aromatic N) is 3. The Labute approximate surface area is 255 Å². The number of aromatic nitrogens is 1. The number of nitro benzene ring substituents is 1. The summed E-state index contributed by atoms with van der Waals surface area (Å²) < 4.78 is 19.5. The zero-order chi connectivity index (χ0) is 30.5. The Bertz CT molecular complexity index is 2190. The van der Waals surface area contributed by atoms with E-state index in [9.17, 15) is 14.9 Å². The molecule has 44 heavy (non-hydrogen) atoms. The van der Waals surface area contributed by atoms with E-state index in [0.717, 1.165) is 46.4 Å². The predicted octanol–water partition coefficient (Wildman–Crippen LogP) is 5.81. The van der Waals surface area contributed by atoms with Crippen molar-refractivity contribution in [1.82, 2.24) is 4.57 Å². The van der Waals surface area contributed by atoms with Crippen LogP contribution < -0.4 is 24.4 Å². The van der Waals surface area contributed by atoms with Crippen molar-refractivity contribution in [1.29, 1.82) is 0 Å². The van der Waals surface area contributed by atoms with E-state index in [4.69, 9.17) is 18.9 Å². The quantitative estimate of drug-likeness (QED) is 0.178. The van der Waals surface area contributed by atoms with Gasteiger partial charge in [0.15, 0.2) is 16.3 Å². The molecule has 0 unspecified atom stereocenters. The standard InChI is InChI=1S/C34H27N3O6S/c1-19-16-22(37(39)40)10-13-24(19)27-15-11-23(43-27)18-30-33(38)36-32(21-9-14-28(41-2)29(17-21)42-3)26-12-8-20-6-4-5-7-25(20)31(26)35-34(36)44-30/h4-7,9-11,13-18,32H,8,12H2,1-3H3/b30-18-/t32-/m1/s1. The molecule has 2 aromatic heterocycles. The summed E-state index contributed by atoms with van der Waals surface area (Å²) in [6.45, 7) is 1.80. The van der Waals surface area contributed by atoms with Gasteiger partial charge in [-0.25, -0.2) is 4.99 Å². The smallest absolute Gasteiger partial charge is 0.271 e. The third-order valence-electron chi connectivity index (χ3n) is 8.18. The van der Waals surface area contributed by atoms with Gasteiger partial charge in [0, 0.05) is 29.3 Å². The number of fused-ring (bicyclic) bond motifs is 3. The van der Waals surface area contributed by atoms with Gasteiger partial charge in [-0.2, -0.15) is 0 Å². The molecular formula is C34H27N3O6S. The molecule has 0 radical (unpaired) electrons. The summed E-state index contributed by atoms with van der Waals surface area (Å²) in [5, 5.41) is 11.2. The molecule has 220 valence electrons. The van der Waals surface area contributed by atoms with Crippen LogP contribution in [-0.4, -0.2) is 23.7 Å². The van der Waals surface area contributed by atoms with Crippen molar-refractivity contribution < 1.29 is 18.8 Å². The highest BCUT2D eigenvalue weighted by atomic mass is 32.1. The number of hydrogen-bond acceptors (Lipinski definition) is 8. The average Bonchev–Trinajstić information content (AvgIpc) is 3.63. The summed E-state index contributed by atoms with van der Waals surface area (Å²) in [4.78, 5) is 30.6. The number of non-ortho nitro benzene ring substituents is 1. The second kappa shape index (κ2) is 10.8. The SMILES string of the molecule is COc1ccc([C@@H]2C3=C(N=c4s/c(=C\c5ccc(-c6ccc([N+](=O)[O-])cc6C)o5)c(=O)n42)c2ccccc2CC3)cc1OC.